The van der Waals surface area contributed by atoms with Gasteiger partial charge in [-0.05, 0) is 106 Å². The molecule has 452 valence electrons. The number of ether oxygens (including phenoxy) is 8. The Morgan fingerprint density at radius 3 is 1.72 bits per heavy atom. The molecule has 30 atom stereocenters. The van der Waals surface area contributed by atoms with Crippen LogP contribution in [0.15, 0.2) is 11.6 Å². The zero-order valence-corrected chi connectivity index (χ0v) is 46.6. The first-order valence-corrected chi connectivity index (χ1v) is 28.4. The van der Waals surface area contributed by atoms with E-state index in [-0.39, 0.29) is 47.3 Å². The van der Waals surface area contributed by atoms with Crippen LogP contribution in [0, 0.1) is 45.3 Å². The monoisotopic (exact) mass is 1120 g/mol. The van der Waals surface area contributed by atoms with Crippen molar-refractivity contribution in [2.45, 2.75) is 267 Å². The Hall–Kier alpha value is -1.18. The van der Waals surface area contributed by atoms with E-state index in [4.69, 9.17) is 37.9 Å². The molecule has 0 aromatic carbocycles. The second-order valence-electron chi connectivity index (χ2n) is 26.1. The number of allylic oxidation sites excluding steroid dienone is 1. The largest absolute Gasteiger partial charge is 0.394 e. The van der Waals surface area contributed by atoms with Gasteiger partial charge in [0.05, 0.1) is 49.8 Å². The van der Waals surface area contributed by atoms with Crippen LogP contribution in [0.2, 0.25) is 0 Å². The first-order valence-electron chi connectivity index (χ1n) is 28.4. The maximum Gasteiger partial charge on any atom is 0.187 e. The van der Waals surface area contributed by atoms with Gasteiger partial charge in [-0.25, -0.2) is 0 Å². The molecule has 3 saturated carbocycles. The van der Waals surface area contributed by atoms with E-state index in [0.717, 1.165) is 19.3 Å². The van der Waals surface area contributed by atoms with E-state index in [1.165, 1.54) is 5.57 Å². The first-order chi connectivity index (χ1) is 36.4. The lowest BCUT2D eigenvalue weighted by atomic mass is 9.38. The van der Waals surface area contributed by atoms with Gasteiger partial charge < -0.3 is 114 Å². The Balaban J connectivity index is 0.987. The zero-order valence-electron chi connectivity index (χ0n) is 46.6. The molecule has 78 heavy (non-hydrogen) atoms. The van der Waals surface area contributed by atoms with Gasteiger partial charge >= 0.3 is 0 Å². The molecular formula is C55H94O23. The predicted molar refractivity (Wildman–Crippen MR) is 271 cm³/mol. The van der Waals surface area contributed by atoms with Crippen LogP contribution in [-0.2, 0) is 37.9 Å². The van der Waals surface area contributed by atoms with Gasteiger partial charge in [0, 0.05) is 10.8 Å². The summed E-state index contributed by atoms with van der Waals surface area (Å²) in [7, 11) is 0. The Morgan fingerprint density at radius 1 is 0.615 bits per heavy atom. The van der Waals surface area contributed by atoms with Gasteiger partial charge in [-0.2, -0.15) is 0 Å². The van der Waals surface area contributed by atoms with Crippen LogP contribution in [0.3, 0.4) is 0 Å². The summed E-state index contributed by atoms with van der Waals surface area (Å²) in [6, 6.07) is 0. The van der Waals surface area contributed by atoms with Gasteiger partial charge in [0.25, 0.3) is 0 Å². The van der Waals surface area contributed by atoms with Crippen molar-refractivity contribution in [3.05, 3.63) is 11.6 Å². The lowest BCUT2D eigenvalue weighted by Gasteiger charge is -2.67. The molecule has 0 aromatic rings. The normalized spacial score (nSPS) is 51.4. The topological polar surface area (TPSA) is 377 Å². The third-order valence-electron chi connectivity index (χ3n) is 21.0. The fourth-order valence-corrected chi connectivity index (χ4v) is 15.8. The number of hydrogen-bond donors (Lipinski definition) is 15. The predicted octanol–water partition coefficient (Wildman–Crippen LogP) is -1.81. The maximum absolute atomic E-state index is 12.7. The van der Waals surface area contributed by atoms with Crippen LogP contribution in [0.4, 0.5) is 0 Å². The van der Waals surface area contributed by atoms with Crippen molar-refractivity contribution in [2.75, 3.05) is 19.8 Å². The molecule has 0 radical (unpaired) electrons. The van der Waals surface area contributed by atoms with Crippen LogP contribution in [0.25, 0.3) is 0 Å². The summed E-state index contributed by atoms with van der Waals surface area (Å²) in [6.07, 6.45) is -25.7. The summed E-state index contributed by atoms with van der Waals surface area (Å²) in [5.41, 5.74) is -1.97. The van der Waals surface area contributed by atoms with Crippen molar-refractivity contribution >= 4 is 0 Å². The smallest absolute Gasteiger partial charge is 0.187 e. The minimum Gasteiger partial charge on any atom is -0.394 e. The molecule has 0 spiro atoms. The van der Waals surface area contributed by atoms with Crippen molar-refractivity contribution in [1.29, 1.82) is 0 Å². The third kappa shape index (κ3) is 11.0. The Morgan fingerprint density at radius 2 is 1.14 bits per heavy atom. The summed E-state index contributed by atoms with van der Waals surface area (Å²) in [4.78, 5) is 0. The van der Waals surface area contributed by atoms with Crippen LogP contribution in [-0.4, -0.2) is 243 Å². The molecule has 4 aliphatic heterocycles. The van der Waals surface area contributed by atoms with Crippen LogP contribution in [0.1, 0.15) is 120 Å². The molecule has 23 nitrogen and oxygen atoms in total. The molecule has 4 aliphatic carbocycles. The minimum absolute atomic E-state index is 0.0180. The average Bonchev–Trinajstić information content (AvgIpc) is 2.92. The number of hydrogen-bond acceptors (Lipinski definition) is 23. The van der Waals surface area contributed by atoms with Gasteiger partial charge in [0.15, 0.2) is 25.2 Å². The summed E-state index contributed by atoms with van der Waals surface area (Å²) in [5, 5.41) is 163. The highest BCUT2D eigenvalue weighted by Crippen LogP contribution is 2.75. The van der Waals surface area contributed by atoms with Crippen LogP contribution < -0.4 is 0 Å². The highest BCUT2D eigenvalue weighted by Gasteiger charge is 2.70. The zero-order chi connectivity index (χ0) is 57.5. The van der Waals surface area contributed by atoms with Gasteiger partial charge in [-0.1, -0.05) is 60.1 Å². The van der Waals surface area contributed by atoms with E-state index < -0.39 is 177 Å². The second-order valence-corrected chi connectivity index (χ2v) is 26.1. The number of aliphatic hydroxyl groups is 15. The molecule has 8 rings (SSSR count). The van der Waals surface area contributed by atoms with Crippen molar-refractivity contribution in [2.24, 2.45) is 45.3 Å². The molecule has 3 unspecified atom stereocenters. The summed E-state index contributed by atoms with van der Waals surface area (Å²) in [6.45, 7) is 16.2. The van der Waals surface area contributed by atoms with E-state index in [1.54, 1.807) is 20.8 Å². The third-order valence-corrected chi connectivity index (χ3v) is 21.0. The van der Waals surface area contributed by atoms with Gasteiger partial charge in [0.1, 0.15) is 91.6 Å². The van der Waals surface area contributed by atoms with E-state index >= 15 is 0 Å². The van der Waals surface area contributed by atoms with E-state index in [2.05, 4.69) is 47.6 Å². The summed E-state index contributed by atoms with van der Waals surface area (Å²) in [5.74, 6) is 0.292. The molecule has 23 heteroatoms. The first kappa shape index (κ1) is 62.9. The fraction of sp³-hybridized carbons (Fsp3) is 0.964. The minimum atomic E-state index is -1.87. The van der Waals surface area contributed by atoms with Crippen LogP contribution >= 0.6 is 0 Å². The Bertz CT molecular complexity index is 2020. The second kappa shape index (κ2) is 23.7. The average molecular weight is 1120 g/mol. The standard InChI is InChI=1S/C55H94O23/c1-10-27-35(59)39(63)45(69)49(72-27)78-46-42(66)38(62)30(22-71-47-43(67)40(64)36(60)28(20-56)73-47)75-50(46)77-34(52(5,6)70)15-11-23(2)24-17-18-53(7)31-14-12-25-26(55(31,9)32(58)19-54(24,53)8)13-16-33(51(25,3)4)76-48-44(68)41(65)37(61)29(21-57)74-48/h12,23-24,26-50,56-70H,10-11,13-22H2,1-9H3/t23-,24?,26?,27+,28-,29-,30-,31?,32-,33+,34-,35+,36-,37-,38-,39-,40+,41+,42+,43-,44-,45+,46-,47-,48+,49-,50+,53+,54-,55+/m1/s1. The lowest BCUT2D eigenvalue weighted by Crippen LogP contribution is -2.65. The van der Waals surface area contributed by atoms with Gasteiger partial charge in [-0.15, -0.1) is 0 Å². The number of fused-ring (bicyclic) bond motifs is 5. The maximum atomic E-state index is 12.7. The molecule has 4 saturated heterocycles. The fourth-order valence-electron chi connectivity index (χ4n) is 15.8. The molecule has 0 amide bonds. The van der Waals surface area contributed by atoms with E-state index in [9.17, 15) is 76.6 Å². The summed E-state index contributed by atoms with van der Waals surface area (Å²) >= 11 is 0. The molecule has 8 aliphatic rings. The van der Waals surface area contributed by atoms with Gasteiger partial charge in [-0.3, -0.25) is 0 Å². The van der Waals surface area contributed by atoms with Gasteiger partial charge in [0.2, 0.25) is 0 Å². The quantitative estimate of drug-likeness (QED) is 0.0714. The molecule has 0 aromatic heterocycles. The molecule has 0 bridgehead atoms. The van der Waals surface area contributed by atoms with Crippen molar-refractivity contribution in [3.8, 4) is 0 Å². The van der Waals surface area contributed by atoms with Crippen molar-refractivity contribution in [1.82, 2.24) is 0 Å². The number of aliphatic hydroxyl groups excluding tert-OH is 14. The molecule has 15 N–H and O–H groups in total. The Labute approximate surface area is 457 Å². The number of rotatable bonds is 17. The van der Waals surface area contributed by atoms with E-state index in [0.29, 0.717) is 25.7 Å². The van der Waals surface area contributed by atoms with Crippen molar-refractivity contribution < 1.29 is 114 Å². The molecule has 7 fully saturated rings. The molecule has 4 heterocycles. The summed E-state index contributed by atoms with van der Waals surface area (Å²) < 4.78 is 48.3. The lowest BCUT2D eigenvalue weighted by molar-refractivity contribution is -0.379. The molecular weight excluding hydrogens is 1030 g/mol. The highest BCUT2D eigenvalue weighted by molar-refractivity contribution is 5.32. The Kier molecular flexibility index (Phi) is 19.1. The highest BCUT2D eigenvalue weighted by atomic mass is 16.8. The SMILES string of the molecule is CC[C@@H]1O[C@H](O[C@H]2[C@H](O[C@H](CC[C@@H](C)C3CC[C@@]4(C)C5CC=C6C(CC[C@H](O[C@@H]7O[C@H](CO)[C@@H](O)[C@H](O)[C@H]7O)C6(C)C)[C@]5(C)[C@H](O)C[C@]34C)C(C)(C)O)O[C@H](CO[C@@H]3O[C@H](CO)[C@@H](O)[C@H](O)[C@H]3O)[C@@H](O)[C@@H]2O)[C@@H](O)[C@H](O)[C@H]1O. The van der Waals surface area contributed by atoms with Crippen molar-refractivity contribution in [3.63, 3.8) is 0 Å². The van der Waals surface area contributed by atoms with Crippen LogP contribution in [0.5, 0.6) is 0 Å². The van der Waals surface area contributed by atoms with E-state index in [1.807, 2.05) is 0 Å².